The van der Waals surface area contributed by atoms with Crippen LogP contribution in [0.25, 0.3) is 0 Å². The quantitative estimate of drug-likeness (QED) is 0.839. The second-order valence-corrected chi connectivity index (χ2v) is 5.11. The Hall–Kier alpha value is -1.61. The van der Waals surface area contributed by atoms with Crippen LogP contribution in [0, 0.1) is 11.6 Å². The minimum Gasteiger partial charge on any atom is -0.377 e. The first-order valence-electron chi connectivity index (χ1n) is 6.13. The normalized spacial score (nSPS) is 17.3. The second-order valence-electron chi connectivity index (χ2n) is 4.70. The molecule has 0 saturated heterocycles. The molecular weight excluding hydrogens is 268 g/mol. The predicted octanol–water partition coefficient (Wildman–Crippen LogP) is 4.72. The van der Waals surface area contributed by atoms with E-state index in [0.717, 1.165) is 24.0 Å². The molecule has 0 aliphatic heterocycles. The fraction of sp³-hybridized carbons (Fsp3) is 0.200. The summed E-state index contributed by atoms with van der Waals surface area (Å²) in [6, 6.07) is 9.07. The maximum atomic E-state index is 13.2. The third-order valence-electron chi connectivity index (χ3n) is 3.44. The molecule has 19 heavy (non-hydrogen) atoms. The van der Waals surface area contributed by atoms with E-state index in [1.54, 1.807) is 12.1 Å². The zero-order chi connectivity index (χ0) is 13.4. The van der Waals surface area contributed by atoms with Crippen molar-refractivity contribution in [2.75, 3.05) is 5.32 Å². The van der Waals surface area contributed by atoms with Crippen molar-refractivity contribution < 1.29 is 8.78 Å². The predicted molar refractivity (Wildman–Crippen MR) is 72.5 cm³/mol. The maximum absolute atomic E-state index is 13.2. The largest absolute Gasteiger partial charge is 0.377 e. The van der Waals surface area contributed by atoms with Gasteiger partial charge in [0.15, 0.2) is 0 Å². The van der Waals surface area contributed by atoms with Crippen LogP contribution >= 0.6 is 11.6 Å². The topological polar surface area (TPSA) is 12.0 Å². The van der Waals surface area contributed by atoms with Gasteiger partial charge in [-0.3, -0.25) is 0 Å². The smallest absolute Gasteiger partial charge is 0.125 e. The third kappa shape index (κ3) is 2.43. The molecule has 1 nitrogen and oxygen atoms in total. The van der Waals surface area contributed by atoms with Crippen LogP contribution in [0.3, 0.4) is 0 Å². The zero-order valence-corrected chi connectivity index (χ0v) is 10.8. The van der Waals surface area contributed by atoms with Crippen LogP contribution in [0.15, 0.2) is 36.4 Å². The SMILES string of the molecule is Fc1ccc2c(c1)CCC2Nc1cc(F)ccc1Cl. The van der Waals surface area contributed by atoms with Gasteiger partial charge in [-0.25, -0.2) is 8.78 Å². The highest BCUT2D eigenvalue weighted by atomic mass is 35.5. The molecule has 1 unspecified atom stereocenters. The molecule has 1 atom stereocenters. The van der Waals surface area contributed by atoms with Crippen molar-refractivity contribution in [3.8, 4) is 0 Å². The summed E-state index contributed by atoms with van der Waals surface area (Å²) in [5.74, 6) is -0.549. The number of hydrogen-bond acceptors (Lipinski definition) is 1. The summed E-state index contributed by atoms with van der Waals surface area (Å²) in [7, 11) is 0. The van der Waals surface area contributed by atoms with Crippen molar-refractivity contribution in [2.24, 2.45) is 0 Å². The minimum atomic E-state index is -0.329. The number of rotatable bonds is 2. The van der Waals surface area contributed by atoms with Crippen molar-refractivity contribution in [1.82, 2.24) is 0 Å². The van der Waals surface area contributed by atoms with E-state index in [9.17, 15) is 8.78 Å². The molecule has 0 spiro atoms. The first-order valence-corrected chi connectivity index (χ1v) is 6.51. The van der Waals surface area contributed by atoms with E-state index in [-0.39, 0.29) is 17.7 Å². The molecule has 4 heteroatoms. The number of anilines is 1. The Balaban J connectivity index is 1.88. The molecule has 0 heterocycles. The zero-order valence-electron chi connectivity index (χ0n) is 10.1. The van der Waals surface area contributed by atoms with Gasteiger partial charge in [-0.15, -0.1) is 0 Å². The van der Waals surface area contributed by atoms with E-state index in [0.29, 0.717) is 10.7 Å². The maximum Gasteiger partial charge on any atom is 0.125 e. The molecule has 0 fully saturated rings. The van der Waals surface area contributed by atoms with Gasteiger partial charge in [-0.1, -0.05) is 17.7 Å². The van der Waals surface area contributed by atoms with Gasteiger partial charge in [-0.2, -0.15) is 0 Å². The number of halogens is 3. The molecule has 0 amide bonds. The second kappa shape index (κ2) is 4.82. The van der Waals surface area contributed by atoms with E-state index >= 15 is 0 Å². The Morgan fingerprint density at radius 1 is 1.05 bits per heavy atom. The number of hydrogen-bond donors (Lipinski definition) is 1. The number of fused-ring (bicyclic) bond motifs is 1. The molecule has 0 bridgehead atoms. The summed E-state index contributed by atoms with van der Waals surface area (Å²) < 4.78 is 26.4. The number of nitrogens with one attached hydrogen (secondary N) is 1. The van der Waals surface area contributed by atoms with E-state index < -0.39 is 0 Å². The lowest BCUT2D eigenvalue weighted by Crippen LogP contribution is -2.07. The summed E-state index contributed by atoms with van der Waals surface area (Å²) in [5, 5.41) is 3.71. The van der Waals surface area contributed by atoms with Crippen LogP contribution < -0.4 is 5.32 Å². The fourth-order valence-corrected chi connectivity index (χ4v) is 2.70. The lowest BCUT2D eigenvalue weighted by Gasteiger charge is -2.16. The monoisotopic (exact) mass is 279 g/mol. The van der Waals surface area contributed by atoms with Gasteiger partial charge < -0.3 is 5.32 Å². The summed E-state index contributed by atoms with van der Waals surface area (Å²) >= 11 is 6.04. The van der Waals surface area contributed by atoms with E-state index in [2.05, 4.69) is 5.32 Å². The molecule has 3 rings (SSSR count). The van der Waals surface area contributed by atoms with Crippen molar-refractivity contribution in [2.45, 2.75) is 18.9 Å². The number of aryl methyl sites for hydroxylation is 1. The molecule has 0 radical (unpaired) electrons. The first kappa shape index (κ1) is 12.4. The minimum absolute atomic E-state index is 0.0508. The molecule has 0 saturated carbocycles. The van der Waals surface area contributed by atoms with Gasteiger partial charge in [0.05, 0.1) is 16.8 Å². The summed E-state index contributed by atoms with van der Waals surface area (Å²) in [6.45, 7) is 0. The van der Waals surface area contributed by atoms with E-state index in [1.807, 2.05) is 0 Å². The molecule has 1 aliphatic carbocycles. The summed E-state index contributed by atoms with van der Waals surface area (Å²) in [5.41, 5.74) is 2.63. The highest BCUT2D eigenvalue weighted by Gasteiger charge is 2.23. The number of benzene rings is 2. The lowest BCUT2D eigenvalue weighted by molar-refractivity contribution is 0.626. The molecule has 2 aromatic rings. The standard InChI is InChI=1S/C15H12ClF2N/c16-13-5-3-11(18)8-15(13)19-14-6-1-9-7-10(17)2-4-12(9)14/h2-5,7-8,14,19H,1,6H2. The van der Waals surface area contributed by atoms with Gasteiger partial charge in [-0.05, 0) is 54.3 Å². The van der Waals surface area contributed by atoms with Gasteiger partial charge in [0.1, 0.15) is 11.6 Å². The Kier molecular flexibility index (Phi) is 3.15. The van der Waals surface area contributed by atoms with Gasteiger partial charge in [0.25, 0.3) is 0 Å². The van der Waals surface area contributed by atoms with Crippen LogP contribution in [0.4, 0.5) is 14.5 Å². The van der Waals surface area contributed by atoms with Gasteiger partial charge >= 0.3 is 0 Å². The Labute approximate surface area is 115 Å². The van der Waals surface area contributed by atoms with Crippen molar-refractivity contribution in [3.05, 3.63) is 64.2 Å². The van der Waals surface area contributed by atoms with E-state index in [1.165, 1.54) is 24.3 Å². The average molecular weight is 280 g/mol. The van der Waals surface area contributed by atoms with Crippen molar-refractivity contribution >= 4 is 17.3 Å². The Bertz CT molecular complexity index is 628. The Morgan fingerprint density at radius 3 is 2.63 bits per heavy atom. The average Bonchev–Trinajstić information content (AvgIpc) is 2.76. The molecule has 2 aromatic carbocycles. The highest BCUT2D eigenvalue weighted by Crippen LogP contribution is 2.36. The molecule has 1 aliphatic rings. The lowest BCUT2D eigenvalue weighted by atomic mass is 10.1. The fourth-order valence-electron chi connectivity index (χ4n) is 2.53. The Morgan fingerprint density at radius 2 is 1.79 bits per heavy atom. The first-order chi connectivity index (χ1) is 9.13. The van der Waals surface area contributed by atoms with Crippen LogP contribution in [-0.2, 0) is 6.42 Å². The van der Waals surface area contributed by atoms with Gasteiger partial charge in [0.2, 0.25) is 0 Å². The van der Waals surface area contributed by atoms with Crippen molar-refractivity contribution in [3.63, 3.8) is 0 Å². The summed E-state index contributed by atoms with van der Waals surface area (Å²) in [6.07, 6.45) is 1.67. The third-order valence-corrected chi connectivity index (χ3v) is 3.77. The summed E-state index contributed by atoms with van der Waals surface area (Å²) in [4.78, 5) is 0. The molecule has 0 aromatic heterocycles. The highest BCUT2D eigenvalue weighted by molar-refractivity contribution is 6.33. The molecule has 1 N–H and O–H groups in total. The van der Waals surface area contributed by atoms with Crippen LogP contribution in [0.5, 0.6) is 0 Å². The van der Waals surface area contributed by atoms with Gasteiger partial charge in [0, 0.05) is 0 Å². The van der Waals surface area contributed by atoms with Crippen LogP contribution in [0.1, 0.15) is 23.6 Å². The van der Waals surface area contributed by atoms with Crippen molar-refractivity contribution in [1.29, 1.82) is 0 Å². The van der Waals surface area contributed by atoms with E-state index in [4.69, 9.17) is 11.6 Å². The molecule has 98 valence electrons. The molecular formula is C15H12ClF2N. The van der Waals surface area contributed by atoms with Crippen LogP contribution in [-0.4, -0.2) is 0 Å². The van der Waals surface area contributed by atoms with Crippen LogP contribution in [0.2, 0.25) is 5.02 Å².